The van der Waals surface area contributed by atoms with E-state index in [2.05, 4.69) is 15.4 Å². The van der Waals surface area contributed by atoms with Crippen LogP contribution in [0.2, 0.25) is 0 Å². The summed E-state index contributed by atoms with van der Waals surface area (Å²) in [4.78, 5) is 4.40. The molecule has 1 N–H and O–H groups in total. The minimum atomic E-state index is 0.669. The molecule has 3 aromatic rings. The second-order valence-corrected chi connectivity index (χ2v) is 4.87. The first-order chi connectivity index (χ1) is 10.2. The Kier molecular flexibility index (Phi) is 3.73. The van der Waals surface area contributed by atoms with Gasteiger partial charge in [-0.1, -0.05) is 6.07 Å². The van der Waals surface area contributed by atoms with E-state index in [1.807, 2.05) is 61.1 Å². The Morgan fingerprint density at radius 1 is 1.29 bits per heavy atom. The Balaban J connectivity index is 1.72. The van der Waals surface area contributed by atoms with Crippen LogP contribution in [0.4, 0.5) is 5.69 Å². The number of nitrogens with one attached hydrogen (secondary N) is 1. The number of aromatic nitrogens is 3. The van der Waals surface area contributed by atoms with E-state index >= 15 is 0 Å². The van der Waals surface area contributed by atoms with Crippen molar-refractivity contribution in [3.05, 3.63) is 54.0 Å². The number of benzene rings is 1. The molecule has 2 heterocycles. The van der Waals surface area contributed by atoms with Crippen molar-refractivity contribution in [2.75, 3.05) is 11.9 Å². The van der Waals surface area contributed by atoms with Gasteiger partial charge in [-0.05, 0) is 26.0 Å². The number of nitrogens with zero attached hydrogens (tertiary/aromatic N) is 3. The zero-order chi connectivity index (χ0) is 14.7. The minimum Gasteiger partial charge on any atom is -0.494 e. The van der Waals surface area contributed by atoms with Crippen molar-refractivity contribution in [3.8, 4) is 5.75 Å². The fourth-order valence-corrected chi connectivity index (χ4v) is 2.19. The van der Waals surface area contributed by atoms with E-state index in [4.69, 9.17) is 4.74 Å². The molecular formula is C16H18N4O. The smallest absolute Gasteiger partial charge is 0.155 e. The van der Waals surface area contributed by atoms with E-state index in [0.29, 0.717) is 13.2 Å². The quantitative estimate of drug-likeness (QED) is 0.781. The highest BCUT2D eigenvalue weighted by molar-refractivity contribution is 5.48. The molecule has 5 nitrogen and oxygen atoms in total. The highest BCUT2D eigenvalue weighted by Crippen LogP contribution is 2.18. The average molecular weight is 282 g/mol. The summed E-state index contributed by atoms with van der Waals surface area (Å²) in [5.41, 5.74) is 3.94. The van der Waals surface area contributed by atoms with Crippen LogP contribution in [0.5, 0.6) is 5.75 Å². The van der Waals surface area contributed by atoms with Gasteiger partial charge in [-0.3, -0.25) is 0 Å². The molecule has 0 atom stereocenters. The topological polar surface area (TPSA) is 51.5 Å². The van der Waals surface area contributed by atoms with Crippen molar-refractivity contribution < 1.29 is 4.74 Å². The van der Waals surface area contributed by atoms with Gasteiger partial charge in [-0.15, -0.1) is 0 Å². The van der Waals surface area contributed by atoms with E-state index < -0.39 is 0 Å². The summed E-state index contributed by atoms with van der Waals surface area (Å²) >= 11 is 0. The van der Waals surface area contributed by atoms with E-state index in [0.717, 1.165) is 28.3 Å². The molecular weight excluding hydrogens is 264 g/mol. The van der Waals surface area contributed by atoms with Crippen LogP contribution in [0.1, 0.15) is 18.2 Å². The predicted octanol–water partition coefficient (Wildman–Crippen LogP) is 3.05. The van der Waals surface area contributed by atoms with Crippen LogP contribution in [0.25, 0.3) is 5.65 Å². The first-order valence-electron chi connectivity index (χ1n) is 7.02. The molecule has 0 amide bonds. The van der Waals surface area contributed by atoms with Gasteiger partial charge in [0.1, 0.15) is 5.75 Å². The number of ether oxygens (including phenoxy) is 1. The van der Waals surface area contributed by atoms with Crippen molar-refractivity contribution in [3.63, 3.8) is 0 Å². The zero-order valence-electron chi connectivity index (χ0n) is 12.2. The highest BCUT2D eigenvalue weighted by atomic mass is 16.5. The molecule has 0 aliphatic rings. The Labute approximate surface area is 123 Å². The van der Waals surface area contributed by atoms with Crippen LogP contribution in [-0.4, -0.2) is 21.2 Å². The second-order valence-electron chi connectivity index (χ2n) is 4.87. The normalized spacial score (nSPS) is 10.8. The lowest BCUT2D eigenvalue weighted by molar-refractivity contribution is 0.340. The molecule has 21 heavy (non-hydrogen) atoms. The Morgan fingerprint density at radius 3 is 3.05 bits per heavy atom. The Bertz CT molecular complexity index is 751. The van der Waals surface area contributed by atoms with Gasteiger partial charge in [0.05, 0.1) is 12.3 Å². The van der Waals surface area contributed by atoms with Crippen molar-refractivity contribution >= 4 is 11.3 Å². The van der Waals surface area contributed by atoms with Crippen molar-refractivity contribution in [1.29, 1.82) is 0 Å². The Hall–Kier alpha value is -2.56. The summed E-state index contributed by atoms with van der Waals surface area (Å²) in [6, 6.07) is 9.91. The summed E-state index contributed by atoms with van der Waals surface area (Å²) in [6.07, 6.45) is 3.87. The molecule has 0 unspecified atom stereocenters. The summed E-state index contributed by atoms with van der Waals surface area (Å²) in [7, 11) is 0. The highest BCUT2D eigenvalue weighted by Gasteiger charge is 2.01. The number of anilines is 1. The molecule has 5 heteroatoms. The third-order valence-electron chi connectivity index (χ3n) is 3.13. The fraction of sp³-hybridized carbons (Fsp3) is 0.250. The summed E-state index contributed by atoms with van der Waals surface area (Å²) < 4.78 is 7.30. The van der Waals surface area contributed by atoms with Gasteiger partial charge >= 0.3 is 0 Å². The summed E-state index contributed by atoms with van der Waals surface area (Å²) in [5.74, 6) is 0.874. The minimum absolute atomic E-state index is 0.669. The third kappa shape index (κ3) is 3.13. The van der Waals surface area contributed by atoms with Crippen molar-refractivity contribution in [1.82, 2.24) is 14.6 Å². The van der Waals surface area contributed by atoms with Gasteiger partial charge in [0.15, 0.2) is 5.65 Å². The average Bonchev–Trinajstić information content (AvgIpc) is 2.85. The maximum atomic E-state index is 5.49. The lowest BCUT2D eigenvalue weighted by Gasteiger charge is -2.09. The van der Waals surface area contributed by atoms with E-state index in [1.54, 1.807) is 0 Å². The molecule has 108 valence electrons. The number of rotatable bonds is 5. The fourth-order valence-electron chi connectivity index (χ4n) is 2.19. The predicted molar refractivity (Wildman–Crippen MR) is 82.7 cm³/mol. The third-order valence-corrected chi connectivity index (χ3v) is 3.13. The number of aryl methyl sites for hydroxylation is 1. The summed E-state index contributed by atoms with van der Waals surface area (Å²) in [5, 5.41) is 7.74. The van der Waals surface area contributed by atoms with Gasteiger partial charge in [0.2, 0.25) is 0 Å². The maximum Gasteiger partial charge on any atom is 0.155 e. The van der Waals surface area contributed by atoms with E-state index in [9.17, 15) is 0 Å². The van der Waals surface area contributed by atoms with E-state index in [1.165, 1.54) is 0 Å². The van der Waals surface area contributed by atoms with Crippen LogP contribution in [0, 0.1) is 6.92 Å². The number of fused-ring (bicyclic) bond motifs is 1. The molecule has 0 bridgehead atoms. The molecule has 0 spiro atoms. The lowest BCUT2D eigenvalue weighted by Crippen LogP contribution is -2.02. The zero-order valence-corrected chi connectivity index (χ0v) is 12.2. The first kappa shape index (κ1) is 13.4. The molecule has 2 aromatic heterocycles. The molecule has 0 aliphatic carbocycles. The molecule has 0 aliphatic heterocycles. The molecule has 3 rings (SSSR count). The van der Waals surface area contributed by atoms with Gasteiger partial charge in [0.25, 0.3) is 0 Å². The lowest BCUT2D eigenvalue weighted by atomic mass is 10.2. The van der Waals surface area contributed by atoms with E-state index in [-0.39, 0.29) is 0 Å². The maximum absolute atomic E-state index is 5.49. The van der Waals surface area contributed by atoms with Crippen LogP contribution in [-0.2, 0) is 6.54 Å². The Morgan fingerprint density at radius 2 is 2.19 bits per heavy atom. The van der Waals surface area contributed by atoms with Gasteiger partial charge in [-0.25, -0.2) is 9.50 Å². The van der Waals surface area contributed by atoms with Gasteiger partial charge in [-0.2, -0.15) is 5.10 Å². The molecule has 0 fully saturated rings. The first-order valence-corrected chi connectivity index (χ1v) is 7.02. The van der Waals surface area contributed by atoms with Crippen molar-refractivity contribution in [2.24, 2.45) is 0 Å². The largest absolute Gasteiger partial charge is 0.494 e. The second kappa shape index (κ2) is 5.83. The standard InChI is InChI=1S/C16H18N4O/c1-3-21-15-6-4-5-14(8-15)17-9-13-10-18-16-7-12(2)19-20(16)11-13/h4-8,10-11,17H,3,9H2,1-2H3. The molecule has 0 saturated carbocycles. The van der Waals surface area contributed by atoms with Crippen LogP contribution < -0.4 is 10.1 Å². The van der Waals surface area contributed by atoms with Crippen LogP contribution >= 0.6 is 0 Å². The SMILES string of the molecule is CCOc1cccc(NCc2cnc3cc(C)nn3c2)c1. The van der Waals surface area contributed by atoms with Crippen LogP contribution in [0.3, 0.4) is 0 Å². The number of hydrogen-bond acceptors (Lipinski definition) is 4. The monoisotopic (exact) mass is 282 g/mol. The van der Waals surface area contributed by atoms with Gasteiger partial charge in [0, 0.05) is 42.3 Å². The molecule has 0 saturated heterocycles. The number of hydrogen-bond donors (Lipinski definition) is 1. The molecule has 0 radical (unpaired) electrons. The molecule has 1 aromatic carbocycles. The summed E-state index contributed by atoms with van der Waals surface area (Å²) in [6.45, 7) is 5.30. The van der Waals surface area contributed by atoms with Crippen LogP contribution in [0.15, 0.2) is 42.7 Å². The van der Waals surface area contributed by atoms with Gasteiger partial charge < -0.3 is 10.1 Å². The van der Waals surface area contributed by atoms with Crippen molar-refractivity contribution in [2.45, 2.75) is 20.4 Å².